The lowest BCUT2D eigenvalue weighted by Gasteiger charge is -2.16. The van der Waals surface area contributed by atoms with Crippen LogP contribution in [0.3, 0.4) is 0 Å². The number of phenolic OH excluding ortho intramolecular Hbond substituents is 1. The summed E-state index contributed by atoms with van der Waals surface area (Å²) >= 11 is 0. The van der Waals surface area contributed by atoms with Crippen LogP contribution in [0, 0.1) is 0 Å². The Morgan fingerprint density at radius 2 is 1.56 bits per heavy atom. The number of pyridine rings is 1. The van der Waals surface area contributed by atoms with Crippen molar-refractivity contribution >= 4 is 16.6 Å². The molecule has 0 saturated heterocycles. The molecule has 9 heteroatoms. The highest BCUT2D eigenvalue weighted by Crippen LogP contribution is 2.36. The van der Waals surface area contributed by atoms with Crippen molar-refractivity contribution in [2.45, 2.75) is 25.6 Å². The van der Waals surface area contributed by atoms with Crippen molar-refractivity contribution in [1.29, 1.82) is 0 Å². The number of aliphatic hydroxyl groups is 1. The Morgan fingerprint density at radius 3 is 2.34 bits per heavy atom. The van der Waals surface area contributed by atoms with Crippen molar-refractivity contribution in [1.82, 2.24) is 15.6 Å². The molecule has 50 heavy (non-hydrogen) atoms. The zero-order valence-electron chi connectivity index (χ0n) is 28.2. The maximum atomic E-state index is 11.7. The molecular weight excluding hydrogens is 628 g/mol. The van der Waals surface area contributed by atoms with Crippen LogP contribution in [0.25, 0.3) is 33.2 Å². The molecule has 0 aliphatic heterocycles. The third-order valence-electron chi connectivity index (χ3n) is 8.91. The highest BCUT2D eigenvalue weighted by Gasteiger charge is 2.15. The lowest BCUT2D eigenvalue weighted by molar-refractivity contribution is 0.176. The number of hydrogen-bond donors (Lipinski definition) is 6. The number of nitrogen functional groups attached to an aromatic ring is 1. The standard InChI is InChI=1S/C41H42N4O5/c1-49-32-11-6-26(7-12-32)23-44-24-27-4-3-5-31(20-27)35-21-29(10-16-39(35)50-2)30-9-8-28(36(42)22-30)18-19-43-25-38(47)33-13-15-37(46)41-34(33)14-17-40(48)45-41/h3-17,20-22,38,43-44,46-47H,18-19,23-25,42H2,1-2H3,(H,45,48)/t38-/m0/s1. The zero-order valence-corrected chi connectivity index (χ0v) is 28.2. The Balaban J connectivity index is 1.09. The molecule has 6 rings (SSSR count). The van der Waals surface area contributed by atoms with Crippen molar-refractivity contribution in [3.8, 4) is 39.5 Å². The predicted molar refractivity (Wildman–Crippen MR) is 200 cm³/mol. The summed E-state index contributed by atoms with van der Waals surface area (Å²) in [5.41, 5.74) is 15.3. The summed E-state index contributed by atoms with van der Waals surface area (Å²) in [4.78, 5) is 14.4. The van der Waals surface area contributed by atoms with Gasteiger partial charge in [0.15, 0.2) is 0 Å². The average molecular weight is 671 g/mol. The summed E-state index contributed by atoms with van der Waals surface area (Å²) in [7, 11) is 3.36. The summed E-state index contributed by atoms with van der Waals surface area (Å²) in [6, 6.07) is 35.0. The lowest BCUT2D eigenvalue weighted by atomic mass is 9.95. The number of aromatic nitrogens is 1. The van der Waals surface area contributed by atoms with Gasteiger partial charge in [-0.3, -0.25) is 4.79 Å². The van der Waals surface area contributed by atoms with E-state index in [4.69, 9.17) is 15.2 Å². The fraction of sp³-hybridized carbons (Fsp3) is 0.195. The van der Waals surface area contributed by atoms with Gasteiger partial charge in [0, 0.05) is 42.3 Å². The van der Waals surface area contributed by atoms with Gasteiger partial charge in [-0.05, 0) is 100 Å². The number of nitrogens with one attached hydrogen (secondary N) is 3. The molecule has 6 aromatic rings. The molecule has 0 saturated carbocycles. The summed E-state index contributed by atoms with van der Waals surface area (Å²) in [6.07, 6.45) is -0.153. The predicted octanol–water partition coefficient (Wildman–Crippen LogP) is 6.32. The van der Waals surface area contributed by atoms with E-state index in [9.17, 15) is 15.0 Å². The molecule has 0 aliphatic carbocycles. The summed E-state index contributed by atoms with van der Waals surface area (Å²) in [5.74, 6) is 1.61. The largest absolute Gasteiger partial charge is 0.506 e. The van der Waals surface area contributed by atoms with Crippen LogP contribution >= 0.6 is 0 Å². The van der Waals surface area contributed by atoms with Crippen LogP contribution in [0.4, 0.5) is 5.69 Å². The highest BCUT2D eigenvalue weighted by atomic mass is 16.5. The third-order valence-corrected chi connectivity index (χ3v) is 8.91. The van der Waals surface area contributed by atoms with E-state index in [2.05, 4.69) is 64.1 Å². The van der Waals surface area contributed by atoms with Gasteiger partial charge in [0.1, 0.15) is 17.2 Å². The second-order valence-corrected chi connectivity index (χ2v) is 12.2. The second kappa shape index (κ2) is 15.7. The molecule has 256 valence electrons. The molecule has 5 aromatic carbocycles. The van der Waals surface area contributed by atoms with Gasteiger partial charge in [0.05, 0.1) is 25.8 Å². The Hall–Kier alpha value is -5.61. The molecule has 1 aromatic heterocycles. The van der Waals surface area contributed by atoms with E-state index in [0.717, 1.165) is 52.4 Å². The first-order valence-electron chi connectivity index (χ1n) is 16.6. The molecule has 0 radical (unpaired) electrons. The maximum Gasteiger partial charge on any atom is 0.248 e. The number of nitrogens with two attached hydrogens (primary N) is 1. The molecule has 1 heterocycles. The molecule has 0 spiro atoms. The highest BCUT2D eigenvalue weighted by molar-refractivity contribution is 5.87. The van der Waals surface area contributed by atoms with Crippen molar-refractivity contribution in [2.24, 2.45) is 0 Å². The van der Waals surface area contributed by atoms with E-state index < -0.39 is 6.10 Å². The van der Waals surface area contributed by atoms with E-state index in [1.165, 1.54) is 23.3 Å². The molecule has 0 fully saturated rings. The number of fused-ring (bicyclic) bond motifs is 1. The van der Waals surface area contributed by atoms with Crippen LogP contribution < -0.4 is 31.4 Å². The van der Waals surface area contributed by atoms with Crippen molar-refractivity contribution in [3.05, 3.63) is 142 Å². The summed E-state index contributed by atoms with van der Waals surface area (Å²) in [5, 5.41) is 28.4. The van der Waals surface area contributed by atoms with Gasteiger partial charge in [-0.25, -0.2) is 0 Å². The summed E-state index contributed by atoms with van der Waals surface area (Å²) < 4.78 is 11.0. The Bertz CT molecular complexity index is 2150. The number of ether oxygens (including phenoxy) is 2. The second-order valence-electron chi connectivity index (χ2n) is 12.2. The Kier molecular flexibility index (Phi) is 10.8. The Morgan fingerprint density at radius 1 is 0.780 bits per heavy atom. The number of aromatic amines is 1. The number of methoxy groups -OCH3 is 2. The number of hydrogen-bond acceptors (Lipinski definition) is 8. The van der Waals surface area contributed by atoms with E-state index in [1.807, 2.05) is 36.4 Å². The van der Waals surface area contributed by atoms with Crippen LogP contribution in [-0.4, -0.2) is 42.5 Å². The first-order chi connectivity index (χ1) is 24.3. The van der Waals surface area contributed by atoms with Crippen molar-refractivity contribution in [3.63, 3.8) is 0 Å². The SMILES string of the molecule is COc1ccc(CNCc2cccc(-c3cc(-c4ccc(CCNC[C@H](O)c5ccc(O)c6[nH]c(=O)ccc56)c(N)c4)ccc3OC)c2)cc1. The van der Waals surface area contributed by atoms with Gasteiger partial charge in [0.2, 0.25) is 5.56 Å². The van der Waals surface area contributed by atoms with Gasteiger partial charge < -0.3 is 41.0 Å². The van der Waals surface area contributed by atoms with Gasteiger partial charge in [-0.15, -0.1) is 0 Å². The number of anilines is 1. The minimum Gasteiger partial charge on any atom is -0.506 e. The molecule has 0 amide bonds. The Labute approximate surface area is 291 Å². The third kappa shape index (κ3) is 7.98. The number of H-pyrrole nitrogens is 1. The number of rotatable bonds is 14. The molecule has 9 nitrogen and oxygen atoms in total. The average Bonchev–Trinajstić information content (AvgIpc) is 3.14. The normalized spacial score (nSPS) is 11.8. The first-order valence-corrected chi connectivity index (χ1v) is 16.6. The molecule has 7 N–H and O–H groups in total. The lowest BCUT2D eigenvalue weighted by Crippen LogP contribution is -2.24. The van der Waals surface area contributed by atoms with E-state index in [-0.39, 0.29) is 11.3 Å². The fourth-order valence-electron chi connectivity index (χ4n) is 6.18. The van der Waals surface area contributed by atoms with Gasteiger partial charge >= 0.3 is 0 Å². The quantitative estimate of drug-likeness (QED) is 0.0584. The smallest absolute Gasteiger partial charge is 0.248 e. The minimum atomic E-state index is -0.829. The van der Waals surface area contributed by atoms with Crippen LogP contribution in [0.5, 0.6) is 17.2 Å². The van der Waals surface area contributed by atoms with Crippen LogP contribution in [0.15, 0.2) is 114 Å². The molecule has 0 bridgehead atoms. The van der Waals surface area contributed by atoms with Crippen molar-refractivity contribution in [2.75, 3.05) is 33.0 Å². The van der Waals surface area contributed by atoms with E-state index in [1.54, 1.807) is 26.4 Å². The van der Waals surface area contributed by atoms with Crippen LogP contribution in [-0.2, 0) is 19.5 Å². The van der Waals surface area contributed by atoms with Crippen LogP contribution in [0.2, 0.25) is 0 Å². The fourth-order valence-corrected chi connectivity index (χ4v) is 6.18. The van der Waals surface area contributed by atoms with E-state index >= 15 is 0 Å². The first kappa shape index (κ1) is 34.3. The topological polar surface area (TPSA) is 142 Å². The summed E-state index contributed by atoms with van der Waals surface area (Å²) in [6.45, 7) is 2.38. The van der Waals surface area contributed by atoms with Gasteiger partial charge in [-0.1, -0.05) is 54.6 Å². The molecule has 0 aliphatic rings. The monoisotopic (exact) mass is 670 g/mol. The van der Waals surface area contributed by atoms with E-state index in [0.29, 0.717) is 41.7 Å². The molecule has 1 atom stereocenters. The zero-order chi connectivity index (χ0) is 35.0. The number of phenols is 1. The van der Waals surface area contributed by atoms with Gasteiger partial charge in [-0.2, -0.15) is 0 Å². The maximum absolute atomic E-state index is 11.7. The van der Waals surface area contributed by atoms with Crippen molar-refractivity contribution < 1.29 is 19.7 Å². The minimum absolute atomic E-state index is 0.0364. The number of benzene rings is 5. The molecule has 0 unspecified atom stereocenters. The van der Waals surface area contributed by atoms with Crippen LogP contribution in [0.1, 0.15) is 28.4 Å². The van der Waals surface area contributed by atoms with Gasteiger partial charge in [0.25, 0.3) is 0 Å². The number of aliphatic hydroxyl groups excluding tert-OH is 1. The number of aromatic hydroxyl groups is 1. The molecular formula is C41H42N4O5.